The normalized spacial score (nSPS) is 10.9. The standard InChI is InChI=1S/C18H12N2.2C10H9N3.Rh/c19-17-15-8-4-3-7-13(15)14-10-9-11-5-1-2-6-12(11)16(14)18(17)20;2*1-3-7-11-9(5-1)13-10-6-2-4-8-12-10;/h1-10,19-20H;2*1-8H,(H,11,12,13);/q;;;+3. The minimum Gasteiger partial charge on any atom is -0.325 e. The Morgan fingerprint density at radius 1 is 0.383 bits per heavy atom. The molecule has 228 valence electrons. The molecule has 0 fully saturated rings. The molecular formula is C38H30N8Rh+3. The second kappa shape index (κ2) is 15.9. The molecule has 8 nitrogen and oxygen atoms in total. The van der Waals surface area contributed by atoms with E-state index in [1.807, 2.05) is 121 Å². The predicted molar refractivity (Wildman–Crippen MR) is 187 cm³/mol. The van der Waals surface area contributed by atoms with Gasteiger partial charge in [-0.05, 0) is 70.4 Å². The van der Waals surface area contributed by atoms with Gasteiger partial charge in [-0.2, -0.15) is 0 Å². The molecule has 9 heteroatoms. The van der Waals surface area contributed by atoms with Crippen molar-refractivity contribution in [3.8, 4) is 11.1 Å². The van der Waals surface area contributed by atoms with Crippen molar-refractivity contribution < 1.29 is 19.5 Å². The van der Waals surface area contributed by atoms with Crippen LogP contribution < -0.4 is 10.6 Å². The topological polar surface area (TPSA) is 123 Å². The molecule has 0 radical (unpaired) electrons. The van der Waals surface area contributed by atoms with Crippen LogP contribution in [0.2, 0.25) is 0 Å². The smallest absolute Gasteiger partial charge is 0.325 e. The van der Waals surface area contributed by atoms with Crippen LogP contribution in [-0.2, 0) is 19.5 Å². The number of nitrogens with zero attached hydrogens (tertiary/aromatic N) is 4. The van der Waals surface area contributed by atoms with E-state index in [2.05, 4.69) is 42.7 Å². The summed E-state index contributed by atoms with van der Waals surface area (Å²) in [5.41, 5.74) is 4.46. The molecule has 7 aromatic rings. The third-order valence-electron chi connectivity index (χ3n) is 7.09. The monoisotopic (exact) mass is 701 g/mol. The summed E-state index contributed by atoms with van der Waals surface area (Å²) in [5.74, 6) is 3.23. The van der Waals surface area contributed by atoms with Crippen molar-refractivity contribution in [1.82, 2.24) is 19.9 Å². The maximum atomic E-state index is 8.36. The maximum Gasteiger partial charge on any atom is 3.00 e. The summed E-state index contributed by atoms with van der Waals surface area (Å²) in [6.07, 6.45) is 6.97. The molecule has 0 amide bonds. The number of nitrogens with one attached hydrogen (secondary N) is 4. The summed E-state index contributed by atoms with van der Waals surface area (Å²) in [7, 11) is 0. The van der Waals surface area contributed by atoms with Crippen molar-refractivity contribution in [3.05, 3.63) is 169 Å². The Hall–Kier alpha value is -5.92. The number of benzene rings is 3. The number of hydrogen-bond donors (Lipinski definition) is 4. The minimum absolute atomic E-state index is 0. The van der Waals surface area contributed by atoms with Gasteiger partial charge in [0.05, 0.1) is 11.4 Å². The minimum atomic E-state index is 0. The Labute approximate surface area is 285 Å². The number of hydrogen-bond acceptors (Lipinski definition) is 8. The zero-order valence-corrected chi connectivity index (χ0v) is 26.8. The van der Waals surface area contributed by atoms with Gasteiger partial charge >= 0.3 is 19.5 Å². The number of anilines is 4. The fourth-order valence-electron chi connectivity index (χ4n) is 4.97. The summed E-state index contributed by atoms with van der Waals surface area (Å²) in [6.45, 7) is 0. The molecule has 1 aliphatic rings. The van der Waals surface area contributed by atoms with Crippen molar-refractivity contribution in [3.63, 3.8) is 0 Å². The van der Waals surface area contributed by atoms with Crippen molar-refractivity contribution in [1.29, 1.82) is 10.8 Å². The van der Waals surface area contributed by atoms with Crippen LogP contribution in [0, 0.1) is 10.8 Å². The Morgan fingerprint density at radius 3 is 1.28 bits per heavy atom. The van der Waals surface area contributed by atoms with Crippen LogP contribution in [0.3, 0.4) is 0 Å². The number of aromatic nitrogens is 4. The first-order valence-corrected chi connectivity index (χ1v) is 14.6. The Kier molecular flexibility index (Phi) is 11.0. The molecule has 8 rings (SSSR count). The van der Waals surface area contributed by atoms with E-state index in [1.165, 1.54) is 0 Å². The molecule has 0 saturated heterocycles. The average Bonchev–Trinajstić information content (AvgIpc) is 3.12. The van der Waals surface area contributed by atoms with Crippen LogP contribution in [0.1, 0.15) is 11.1 Å². The van der Waals surface area contributed by atoms with E-state index < -0.39 is 0 Å². The van der Waals surface area contributed by atoms with Gasteiger partial charge in [0.2, 0.25) is 0 Å². The number of rotatable bonds is 4. The molecule has 4 heterocycles. The van der Waals surface area contributed by atoms with Gasteiger partial charge in [-0.25, -0.2) is 19.9 Å². The zero-order chi connectivity index (χ0) is 31.6. The first-order chi connectivity index (χ1) is 22.7. The van der Waals surface area contributed by atoms with Crippen LogP contribution in [0.15, 0.2) is 158 Å². The first-order valence-electron chi connectivity index (χ1n) is 14.6. The summed E-state index contributed by atoms with van der Waals surface area (Å²) < 4.78 is 0. The van der Waals surface area contributed by atoms with E-state index in [-0.39, 0.29) is 19.5 Å². The van der Waals surface area contributed by atoms with Gasteiger partial charge in [0.1, 0.15) is 23.3 Å². The molecule has 47 heavy (non-hydrogen) atoms. The average molecular weight is 702 g/mol. The van der Waals surface area contributed by atoms with Gasteiger partial charge in [-0.1, -0.05) is 84.9 Å². The fraction of sp³-hybridized carbons (Fsp3) is 0. The van der Waals surface area contributed by atoms with Gasteiger partial charge < -0.3 is 10.6 Å². The van der Waals surface area contributed by atoms with Crippen LogP contribution in [-0.4, -0.2) is 31.4 Å². The quantitative estimate of drug-likeness (QED) is 0.136. The zero-order valence-electron chi connectivity index (χ0n) is 25.1. The van der Waals surface area contributed by atoms with E-state index in [0.717, 1.165) is 56.3 Å². The predicted octanol–water partition coefficient (Wildman–Crippen LogP) is 8.69. The molecule has 4 N–H and O–H groups in total. The van der Waals surface area contributed by atoms with Crippen LogP contribution in [0.4, 0.5) is 23.3 Å². The molecule has 0 unspecified atom stereocenters. The molecular weight excluding hydrogens is 671 g/mol. The van der Waals surface area contributed by atoms with E-state index >= 15 is 0 Å². The van der Waals surface area contributed by atoms with Crippen molar-refractivity contribution in [2.75, 3.05) is 10.6 Å². The van der Waals surface area contributed by atoms with Crippen LogP contribution in [0.25, 0.3) is 21.9 Å². The molecule has 1 aliphatic carbocycles. The van der Waals surface area contributed by atoms with E-state index in [0.29, 0.717) is 11.4 Å². The summed E-state index contributed by atoms with van der Waals surface area (Å²) in [4.78, 5) is 16.5. The number of fused-ring (bicyclic) bond motifs is 5. The maximum absolute atomic E-state index is 8.36. The van der Waals surface area contributed by atoms with Gasteiger partial charge in [0, 0.05) is 35.9 Å². The van der Waals surface area contributed by atoms with Gasteiger partial charge in [0.15, 0.2) is 0 Å². The van der Waals surface area contributed by atoms with E-state index in [1.54, 1.807) is 24.8 Å². The molecule has 4 aromatic heterocycles. The fourth-order valence-corrected chi connectivity index (χ4v) is 4.97. The largest absolute Gasteiger partial charge is 3.00 e. The molecule has 0 atom stereocenters. The second-order valence-corrected chi connectivity index (χ2v) is 10.1. The summed E-state index contributed by atoms with van der Waals surface area (Å²) in [5, 5.41) is 25.0. The van der Waals surface area contributed by atoms with E-state index in [4.69, 9.17) is 10.8 Å². The second-order valence-electron chi connectivity index (χ2n) is 10.1. The molecule has 0 aliphatic heterocycles. The molecule has 0 spiro atoms. The van der Waals surface area contributed by atoms with E-state index in [9.17, 15) is 0 Å². The van der Waals surface area contributed by atoms with Crippen molar-refractivity contribution >= 4 is 45.5 Å². The van der Waals surface area contributed by atoms with Gasteiger partial charge in [-0.15, -0.1) is 0 Å². The number of pyridine rings is 4. The Morgan fingerprint density at radius 2 is 0.809 bits per heavy atom. The molecule has 0 bridgehead atoms. The van der Waals surface area contributed by atoms with Gasteiger partial charge in [-0.3, -0.25) is 10.8 Å². The third kappa shape index (κ3) is 8.03. The Bertz CT molecular complexity index is 1920. The first kappa shape index (κ1) is 32.5. The third-order valence-corrected chi connectivity index (χ3v) is 7.09. The summed E-state index contributed by atoms with van der Waals surface area (Å²) >= 11 is 0. The summed E-state index contributed by atoms with van der Waals surface area (Å²) in [6, 6.07) is 42.9. The SMILES string of the molecule is N=C1C(=N)c2c(ccc3ccccc23)-c2ccccc21.[Rh+3].c1ccc(Nc2ccccn2)nc1.c1ccc(Nc2ccccn2)nc1. The van der Waals surface area contributed by atoms with Crippen LogP contribution in [0.5, 0.6) is 0 Å². The van der Waals surface area contributed by atoms with Crippen LogP contribution >= 0.6 is 0 Å². The molecule has 0 saturated carbocycles. The molecule has 3 aromatic carbocycles. The van der Waals surface area contributed by atoms with Gasteiger partial charge in [0.25, 0.3) is 0 Å². The van der Waals surface area contributed by atoms with Crippen molar-refractivity contribution in [2.24, 2.45) is 0 Å². The van der Waals surface area contributed by atoms with Crippen molar-refractivity contribution in [2.45, 2.75) is 0 Å². The Balaban J connectivity index is 0.000000142.